The maximum atomic E-state index is 12.4. The lowest BCUT2D eigenvalue weighted by atomic mass is 10.2. The Hall–Kier alpha value is -2.40. The van der Waals surface area contributed by atoms with Gasteiger partial charge < -0.3 is 19.0 Å². The molecule has 0 unspecified atom stereocenters. The lowest BCUT2D eigenvalue weighted by Crippen LogP contribution is -2.16. The monoisotopic (exact) mass is 304 g/mol. The van der Waals surface area contributed by atoms with Gasteiger partial charge in [-0.25, -0.2) is 0 Å². The summed E-state index contributed by atoms with van der Waals surface area (Å²) in [7, 11) is 3.34. The number of hydrogen-bond donors (Lipinski definition) is 1. The molecule has 108 valence electrons. The zero-order valence-corrected chi connectivity index (χ0v) is 12.3. The van der Waals surface area contributed by atoms with E-state index in [0.29, 0.717) is 27.7 Å². The van der Waals surface area contributed by atoms with Crippen LogP contribution in [0.4, 0.5) is 5.69 Å². The normalized spacial score (nSPS) is 10.8. The number of anilines is 1. The number of furan rings is 1. The number of aryl methyl sites for hydroxylation is 1. The molecule has 0 fully saturated rings. The molecule has 0 spiro atoms. The third-order valence-electron chi connectivity index (χ3n) is 3.31. The van der Waals surface area contributed by atoms with Crippen LogP contribution in [0.25, 0.3) is 11.1 Å². The zero-order chi connectivity index (χ0) is 15.0. The fourth-order valence-electron chi connectivity index (χ4n) is 2.23. The number of fused-ring (bicyclic) bond motifs is 1. The maximum absolute atomic E-state index is 12.4. The van der Waals surface area contributed by atoms with E-state index >= 15 is 0 Å². The second kappa shape index (κ2) is 5.18. The van der Waals surface area contributed by atoms with Crippen molar-refractivity contribution in [1.82, 2.24) is 4.57 Å². The third kappa shape index (κ3) is 2.36. The Morgan fingerprint density at radius 3 is 2.86 bits per heavy atom. The lowest BCUT2D eigenvalue weighted by molar-refractivity contribution is 0.101. The highest BCUT2D eigenvalue weighted by Gasteiger charge is 2.16. The second-order valence-electron chi connectivity index (χ2n) is 4.56. The molecule has 1 amide bonds. The largest absolute Gasteiger partial charge is 0.495 e. The first-order valence-corrected chi connectivity index (χ1v) is 6.66. The zero-order valence-electron chi connectivity index (χ0n) is 11.5. The minimum absolute atomic E-state index is 0.260. The predicted octanol–water partition coefficient (Wildman–Crippen LogP) is 3.69. The number of methoxy groups -OCH3 is 1. The number of carbonyl (C=O) groups is 1. The highest BCUT2D eigenvalue weighted by Crippen LogP contribution is 2.28. The maximum Gasteiger partial charge on any atom is 0.272 e. The smallest absolute Gasteiger partial charge is 0.272 e. The van der Waals surface area contributed by atoms with Gasteiger partial charge in [0.1, 0.15) is 11.4 Å². The van der Waals surface area contributed by atoms with E-state index in [0.717, 1.165) is 5.52 Å². The molecule has 0 radical (unpaired) electrons. The van der Waals surface area contributed by atoms with Gasteiger partial charge in [-0.15, -0.1) is 0 Å². The minimum atomic E-state index is -0.260. The topological polar surface area (TPSA) is 56.4 Å². The number of ether oxygens (including phenoxy) is 1. The number of aromatic nitrogens is 1. The molecule has 0 aliphatic rings. The summed E-state index contributed by atoms with van der Waals surface area (Å²) in [6, 6.07) is 8.56. The van der Waals surface area contributed by atoms with Crippen molar-refractivity contribution in [2.24, 2.45) is 7.05 Å². The van der Waals surface area contributed by atoms with E-state index in [1.54, 1.807) is 35.1 Å². The van der Waals surface area contributed by atoms with Gasteiger partial charge in [0.15, 0.2) is 5.58 Å². The van der Waals surface area contributed by atoms with E-state index in [2.05, 4.69) is 5.32 Å². The molecule has 1 N–H and O–H groups in total. The van der Waals surface area contributed by atoms with Crippen LogP contribution < -0.4 is 10.1 Å². The number of amides is 1. The Labute approximate surface area is 126 Å². The summed E-state index contributed by atoms with van der Waals surface area (Å²) in [5.41, 5.74) is 2.54. The summed E-state index contributed by atoms with van der Waals surface area (Å²) in [5.74, 6) is 0.287. The number of hydrogen-bond acceptors (Lipinski definition) is 3. The Kier molecular flexibility index (Phi) is 3.35. The molecule has 1 aromatic carbocycles. The van der Waals surface area contributed by atoms with Crippen molar-refractivity contribution in [2.45, 2.75) is 0 Å². The van der Waals surface area contributed by atoms with E-state index in [4.69, 9.17) is 20.8 Å². The third-order valence-corrected chi connectivity index (χ3v) is 3.54. The Bertz CT molecular complexity index is 820. The summed E-state index contributed by atoms with van der Waals surface area (Å²) < 4.78 is 12.3. The molecule has 2 heterocycles. The molecule has 0 bridgehead atoms. The molecule has 0 saturated carbocycles. The molecular formula is C15H13ClN2O3. The van der Waals surface area contributed by atoms with Crippen LogP contribution in [0, 0.1) is 0 Å². The first-order valence-electron chi connectivity index (χ1n) is 6.28. The number of halogens is 1. The average molecular weight is 305 g/mol. The van der Waals surface area contributed by atoms with Crippen LogP contribution in [0.3, 0.4) is 0 Å². The van der Waals surface area contributed by atoms with Gasteiger partial charge >= 0.3 is 0 Å². The van der Waals surface area contributed by atoms with Gasteiger partial charge in [0, 0.05) is 24.2 Å². The molecule has 21 heavy (non-hydrogen) atoms. The highest BCUT2D eigenvalue weighted by molar-refractivity contribution is 6.31. The van der Waals surface area contributed by atoms with Gasteiger partial charge in [-0.05, 0) is 18.2 Å². The number of carbonyl (C=O) groups excluding carboxylic acids is 1. The van der Waals surface area contributed by atoms with Gasteiger partial charge in [0.2, 0.25) is 0 Å². The first kappa shape index (κ1) is 13.6. The molecule has 3 rings (SSSR count). The molecule has 0 aliphatic heterocycles. The van der Waals surface area contributed by atoms with Crippen molar-refractivity contribution < 1.29 is 13.9 Å². The van der Waals surface area contributed by atoms with Crippen LogP contribution in [0.15, 0.2) is 41.0 Å². The van der Waals surface area contributed by atoms with Crippen LogP contribution in [0.5, 0.6) is 5.75 Å². The molecule has 6 heteroatoms. The van der Waals surface area contributed by atoms with Crippen molar-refractivity contribution in [3.8, 4) is 5.75 Å². The number of nitrogens with zero attached hydrogens (tertiary/aromatic N) is 1. The summed E-state index contributed by atoms with van der Waals surface area (Å²) in [6.45, 7) is 0. The SMILES string of the molecule is COc1ccc(Cl)cc1NC(=O)c1cc2occc2n1C. The summed E-state index contributed by atoms with van der Waals surface area (Å²) in [6.07, 6.45) is 1.59. The summed E-state index contributed by atoms with van der Waals surface area (Å²) in [5, 5.41) is 3.32. The van der Waals surface area contributed by atoms with Crippen LogP contribution in [-0.2, 0) is 7.05 Å². The standard InChI is InChI=1S/C15H13ClN2O3/c1-18-11-5-6-21-14(11)8-12(18)15(19)17-10-7-9(16)3-4-13(10)20-2/h3-8H,1-2H3,(H,17,19). The molecule has 0 aliphatic carbocycles. The molecule has 0 saturated heterocycles. The second-order valence-corrected chi connectivity index (χ2v) is 4.99. The van der Waals surface area contributed by atoms with Crippen LogP contribution >= 0.6 is 11.6 Å². The van der Waals surface area contributed by atoms with Gasteiger partial charge in [0.05, 0.1) is 24.6 Å². The van der Waals surface area contributed by atoms with Crippen LogP contribution in [0.1, 0.15) is 10.5 Å². The number of benzene rings is 1. The number of nitrogens with one attached hydrogen (secondary N) is 1. The van der Waals surface area contributed by atoms with Crippen molar-refractivity contribution >= 4 is 34.3 Å². The highest BCUT2D eigenvalue weighted by atomic mass is 35.5. The van der Waals surface area contributed by atoms with Crippen molar-refractivity contribution in [1.29, 1.82) is 0 Å². The van der Waals surface area contributed by atoms with Gasteiger partial charge in [-0.2, -0.15) is 0 Å². The molecular weight excluding hydrogens is 292 g/mol. The van der Waals surface area contributed by atoms with E-state index in [1.807, 2.05) is 13.1 Å². The average Bonchev–Trinajstić information content (AvgIpc) is 3.02. The van der Waals surface area contributed by atoms with E-state index in [-0.39, 0.29) is 5.91 Å². The lowest BCUT2D eigenvalue weighted by Gasteiger charge is -2.11. The van der Waals surface area contributed by atoms with E-state index in [9.17, 15) is 4.79 Å². The summed E-state index contributed by atoms with van der Waals surface area (Å²) >= 11 is 5.95. The Morgan fingerprint density at radius 1 is 1.33 bits per heavy atom. The fourth-order valence-corrected chi connectivity index (χ4v) is 2.40. The summed E-state index contributed by atoms with van der Waals surface area (Å²) in [4.78, 5) is 12.4. The van der Waals surface area contributed by atoms with E-state index in [1.165, 1.54) is 7.11 Å². The van der Waals surface area contributed by atoms with Gasteiger partial charge in [-0.1, -0.05) is 11.6 Å². The molecule has 0 atom stereocenters. The Morgan fingerprint density at radius 2 is 2.14 bits per heavy atom. The Balaban J connectivity index is 1.94. The van der Waals surface area contributed by atoms with Crippen LogP contribution in [0.2, 0.25) is 5.02 Å². The van der Waals surface area contributed by atoms with Gasteiger partial charge in [-0.3, -0.25) is 4.79 Å². The van der Waals surface area contributed by atoms with Crippen molar-refractivity contribution in [3.05, 3.63) is 47.3 Å². The van der Waals surface area contributed by atoms with Gasteiger partial charge in [0.25, 0.3) is 5.91 Å². The fraction of sp³-hybridized carbons (Fsp3) is 0.133. The molecule has 3 aromatic rings. The minimum Gasteiger partial charge on any atom is -0.495 e. The first-order chi connectivity index (χ1) is 10.1. The molecule has 2 aromatic heterocycles. The number of rotatable bonds is 3. The van der Waals surface area contributed by atoms with Crippen molar-refractivity contribution in [2.75, 3.05) is 12.4 Å². The quantitative estimate of drug-likeness (QED) is 0.803. The molecule has 5 nitrogen and oxygen atoms in total. The van der Waals surface area contributed by atoms with Crippen LogP contribution in [-0.4, -0.2) is 17.6 Å². The van der Waals surface area contributed by atoms with Crippen molar-refractivity contribution in [3.63, 3.8) is 0 Å². The van der Waals surface area contributed by atoms with E-state index < -0.39 is 0 Å². The predicted molar refractivity (Wildman–Crippen MR) is 81.1 cm³/mol.